The van der Waals surface area contributed by atoms with E-state index in [0.29, 0.717) is 45.5 Å². The molecule has 0 aliphatic heterocycles. The van der Waals surface area contributed by atoms with Gasteiger partial charge in [-0.3, -0.25) is 10.1 Å². The largest absolute Gasteiger partial charge is 0.493 e. The second-order valence-corrected chi connectivity index (χ2v) is 7.22. The predicted octanol–water partition coefficient (Wildman–Crippen LogP) is 4.32. The number of nitrogens with zero attached hydrogens (tertiary/aromatic N) is 2. The first kappa shape index (κ1) is 23.8. The molecule has 1 amide bonds. The third-order valence-electron chi connectivity index (χ3n) is 4.90. The molecule has 2 aromatic carbocycles. The van der Waals surface area contributed by atoms with Crippen molar-refractivity contribution in [3.63, 3.8) is 0 Å². The summed E-state index contributed by atoms with van der Waals surface area (Å²) in [4.78, 5) is 12.2. The Morgan fingerprint density at radius 1 is 0.914 bits per heavy atom. The summed E-state index contributed by atoms with van der Waals surface area (Å²) in [7, 11) is 4.54. The van der Waals surface area contributed by atoms with Gasteiger partial charge in [0.05, 0.1) is 27.9 Å². The van der Waals surface area contributed by atoms with Crippen molar-refractivity contribution in [1.82, 2.24) is 10.3 Å². The predicted molar refractivity (Wildman–Crippen MR) is 122 cm³/mol. The molecule has 0 spiro atoms. The topological polar surface area (TPSA) is 118 Å². The molecule has 0 atom stereocenters. The van der Waals surface area contributed by atoms with E-state index >= 15 is 0 Å². The normalized spacial score (nSPS) is 10.7. The zero-order valence-electron chi connectivity index (χ0n) is 19.2. The summed E-state index contributed by atoms with van der Waals surface area (Å²) in [5.74, 6) is 1.18. The Hall–Kier alpha value is -4.38. The number of ether oxygens (including phenoxy) is 4. The lowest BCUT2D eigenvalue weighted by Gasteiger charge is -2.13. The molecule has 182 valence electrons. The van der Waals surface area contributed by atoms with E-state index in [2.05, 4.69) is 15.6 Å². The number of hydrogen-bond acceptors (Lipinski definition) is 9. The van der Waals surface area contributed by atoms with E-state index in [1.165, 1.54) is 33.5 Å². The molecule has 0 aliphatic carbocycles. The molecule has 0 unspecified atom stereocenters. The molecule has 0 radical (unpaired) electrons. The van der Waals surface area contributed by atoms with Crippen molar-refractivity contribution in [2.24, 2.45) is 0 Å². The van der Waals surface area contributed by atoms with E-state index in [0.717, 1.165) is 0 Å². The summed E-state index contributed by atoms with van der Waals surface area (Å²) in [5, 5.41) is 10.4. The number of benzene rings is 2. The molecule has 4 aromatic rings. The van der Waals surface area contributed by atoms with Crippen molar-refractivity contribution in [3.8, 4) is 39.8 Å². The van der Waals surface area contributed by atoms with Crippen molar-refractivity contribution in [2.75, 3.05) is 33.3 Å². The maximum absolute atomic E-state index is 13.1. The average molecular weight is 483 g/mol. The first-order chi connectivity index (χ1) is 17.0. The second-order valence-electron chi connectivity index (χ2n) is 7.22. The van der Waals surface area contributed by atoms with Crippen LogP contribution in [0.2, 0.25) is 0 Å². The molecule has 2 aromatic heterocycles. The van der Waals surface area contributed by atoms with Crippen molar-refractivity contribution in [3.05, 3.63) is 60.0 Å². The minimum absolute atomic E-state index is 0.0468. The quantitative estimate of drug-likeness (QED) is 0.352. The molecular weight excluding hydrogens is 461 g/mol. The summed E-state index contributed by atoms with van der Waals surface area (Å²) < 4.78 is 44.9. The van der Waals surface area contributed by atoms with Gasteiger partial charge in [0.15, 0.2) is 17.3 Å². The van der Waals surface area contributed by atoms with Crippen LogP contribution in [0, 0.1) is 5.82 Å². The number of amides is 1. The monoisotopic (exact) mass is 483 g/mol. The first-order valence-electron chi connectivity index (χ1n) is 10.4. The summed E-state index contributed by atoms with van der Waals surface area (Å²) in [6, 6.07) is 12.5. The Balaban J connectivity index is 1.32. The lowest BCUT2D eigenvalue weighted by molar-refractivity contribution is -0.121. The van der Waals surface area contributed by atoms with Crippen molar-refractivity contribution >= 4 is 11.8 Å². The van der Waals surface area contributed by atoms with Gasteiger partial charge in [-0.25, -0.2) is 4.39 Å². The molecule has 2 heterocycles. The van der Waals surface area contributed by atoms with Gasteiger partial charge < -0.3 is 28.0 Å². The standard InChI is InChI=1S/C24H22FN3O7/c1-30-20-8-15(9-21(31-2)24(20)32-3)18-11-23(35-28-18)26-22(29)13-33-12-17-10-19(34-27-17)14-4-6-16(25)7-5-14/h4-11H,12-13H2,1-3H3,(H,26,29). The van der Waals surface area contributed by atoms with Crippen molar-refractivity contribution < 1.29 is 37.2 Å². The second kappa shape index (κ2) is 10.7. The summed E-state index contributed by atoms with van der Waals surface area (Å²) >= 11 is 0. The van der Waals surface area contributed by atoms with E-state index in [9.17, 15) is 9.18 Å². The fourth-order valence-corrected chi connectivity index (χ4v) is 3.25. The van der Waals surface area contributed by atoms with E-state index in [-0.39, 0.29) is 24.9 Å². The zero-order valence-corrected chi connectivity index (χ0v) is 19.2. The van der Waals surface area contributed by atoms with Gasteiger partial charge in [0.25, 0.3) is 5.91 Å². The number of carbonyl (C=O) groups excluding carboxylic acids is 1. The number of rotatable bonds is 10. The van der Waals surface area contributed by atoms with E-state index < -0.39 is 5.91 Å². The highest BCUT2D eigenvalue weighted by Crippen LogP contribution is 2.41. The van der Waals surface area contributed by atoms with Crippen LogP contribution in [0.1, 0.15) is 5.69 Å². The Labute approximate surface area is 199 Å². The zero-order chi connectivity index (χ0) is 24.8. The van der Waals surface area contributed by atoms with E-state index in [4.69, 9.17) is 28.0 Å². The van der Waals surface area contributed by atoms with E-state index in [1.54, 1.807) is 36.4 Å². The molecule has 0 saturated carbocycles. The summed E-state index contributed by atoms with van der Waals surface area (Å²) in [6.07, 6.45) is 0. The van der Waals surface area contributed by atoms with Gasteiger partial charge in [0, 0.05) is 23.3 Å². The molecule has 4 rings (SSSR count). The number of hydrogen-bond donors (Lipinski definition) is 1. The molecule has 1 N–H and O–H groups in total. The fraction of sp³-hybridized carbons (Fsp3) is 0.208. The number of halogens is 1. The number of nitrogens with one attached hydrogen (secondary N) is 1. The molecule has 35 heavy (non-hydrogen) atoms. The lowest BCUT2D eigenvalue weighted by Crippen LogP contribution is -2.17. The Kier molecular flexibility index (Phi) is 7.27. The number of anilines is 1. The van der Waals surface area contributed by atoms with Gasteiger partial charge in [-0.15, -0.1) is 0 Å². The van der Waals surface area contributed by atoms with Crippen LogP contribution in [0.5, 0.6) is 17.2 Å². The van der Waals surface area contributed by atoms with Gasteiger partial charge in [-0.05, 0) is 36.4 Å². The Morgan fingerprint density at radius 2 is 1.63 bits per heavy atom. The molecule has 10 nitrogen and oxygen atoms in total. The Bertz CT molecular complexity index is 1280. The maximum atomic E-state index is 13.1. The van der Waals surface area contributed by atoms with Gasteiger partial charge >= 0.3 is 0 Å². The molecule has 0 saturated heterocycles. The minimum atomic E-state index is -0.445. The first-order valence-corrected chi connectivity index (χ1v) is 10.4. The Morgan fingerprint density at radius 3 is 2.29 bits per heavy atom. The van der Waals surface area contributed by atoms with Crippen LogP contribution in [-0.4, -0.2) is 44.2 Å². The van der Waals surface area contributed by atoms with Gasteiger partial charge in [0.1, 0.15) is 23.8 Å². The molecule has 0 aliphatic rings. The highest BCUT2D eigenvalue weighted by molar-refractivity contribution is 5.90. The molecule has 0 bridgehead atoms. The molecule has 11 heteroatoms. The van der Waals surface area contributed by atoms with Crippen LogP contribution >= 0.6 is 0 Å². The maximum Gasteiger partial charge on any atom is 0.252 e. The van der Waals surface area contributed by atoms with Crippen LogP contribution in [0.3, 0.4) is 0 Å². The van der Waals surface area contributed by atoms with Crippen LogP contribution in [-0.2, 0) is 16.1 Å². The third kappa shape index (κ3) is 5.58. The number of aromatic nitrogens is 2. The minimum Gasteiger partial charge on any atom is -0.493 e. The molecular formula is C24H22FN3O7. The highest BCUT2D eigenvalue weighted by Gasteiger charge is 2.17. The van der Waals surface area contributed by atoms with Crippen LogP contribution < -0.4 is 19.5 Å². The summed E-state index contributed by atoms with van der Waals surface area (Å²) in [5.41, 5.74) is 2.26. The average Bonchev–Trinajstić information content (AvgIpc) is 3.53. The van der Waals surface area contributed by atoms with Crippen LogP contribution in [0.15, 0.2) is 57.6 Å². The highest BCUT2D eigenvalue weighted by atomic mass is 19.1. The van der Waals surface area contributed by atoms with Gasteiger partial charge in [0.2, 0.25) is 11.6 Å². The van der Waals surface area contributed by atoms with Crippen molar-refractivity contribution in [2.45, 2.75) is 6.61 Å². The number of carbonyl (C=O) groups is 1. The smallest absolute Gasteiger partial charge is 0.252 e. The number of methoxy groups -OCH3 is 3. The summed E-state index contributed by atoms with van der Waals surface area (Å²) in [6.45, 7) is -0.204. The third-order valence-corrected chi connectivity index (χ3v) is 4.90. The van der Waals surface area contributed by atoms with E-state index in [1.807, 2.05) is 0 Å². The van der Waals surface area contributed by atoms with Crippen LogP contribution in [0.4, 0.5) is 10.3 Å². The van der Waals surface area contributed by atoms with Gasteiger partial charge in [-0.1, -0.05) is 10.3 Å². The fourth-order valence-electron chi connectivity index (χ4n) is 3.25. The van der Waals surface area contributed by atoms with Gasteiger partial charge in [-0.2, -0.15) is 0 Å². The molecule has 0 fully saturated rings. The lowest BCUT2D eigenvalue weighted by atomic mass is 10.1. The SMILES string of the molecule is COc1cc(-c2cc(NC(=O)COCc3cc(-c4ccc(F)cc4)on3)on2)cc(OC)c1OC. The van der Waals surface area contributed by atoms with Crippen molar-refractivity contribution in [1.29, 1.82) is 0 Å². The van der Waals surface area contributed by atoms with Crippen LogP contribution in [0.25, 0.3) is 22.6 Å².